The summed E-state index contributed by atoms with van der Waals surface area (Å²) in [5, 5.41) is 10.8. The first-order chi connectivity index (χ1) is 15.3. The number of primary amides is 1. The standard InChI is InChI=1S/C20H15ClF3N5O3S/c1-20(2,3)32-19(31)29-18-6(4-25)8-15(28-5-7(22)16(8)33-18)9-11(21)12(23)10(17(27)30)14(26)13(9)24/h5H,26H2,1-3H3,(H2,27,30)(H,29,31). The largest absolute Gasteiger partial charge is 0.444 e. The van der Waals surface area contributed by atoms with Gasteiger partial charge < -0.3 is 16.2 Å². The van der Waals surface area contributed by atoms with Crippen LogP contribution in [0.1, 0.15) is 36.7 Å². The van der Waals surface area contributed by atoms with Crippen LogP contribution in [0.4, 0.5) is 28.7 Å². The number of carbonyl (C=O) groups is 2. The fourth-order valence-electron chi connectivity index (χ4n) is 2.98. The highest BCUT2D eigenvalue weighted by atomic mass is 35.5. The number of nitrogens with two attached hydrogens (primary N) is 2. The molecule has 0 unspecified atom stereocenters. The zero-order valence-corrected chi connectivity index (χ0v) is 18.8. The smallest absolute Gasteiger partial charge is 0.412 e. The lowest BCUT2D eigenvalue weighted by atomic mass is 10.00. The maximum absolute atomic E-state index is 15.1. The normalized spacial score (nSPS) is 11.3. The Bertz CT molecular complexity index is 1350. The van der Waals surface area contributed by atoms with Crippen molar-refractivity contribution in [3.63, 3.8) is 0 Å². The van der Waals surface area contributed by atoms with E-state index < -0.39 is 62.6 Å². The second-order valence-electron chi connectivity index (χ2n) is 7.67. The monoisotopic (exact) mass is 497 g/mol. The minimum atomic E-state index is -1.40. The van der Waals surface area contributed by atoms with E-state index in [0.717, 1.165) is 0 Å². The van der Waals surface area contributed by atoms with Gasteiger partial charge in [-0.05, 0) is 20.8 Å². The number of carbonyl (C=O) groups excluding carboxylic acids is 2. The van der Waals surface area contributed by atoms with Crippen molar-refractivity contribution in [2.24, 2.45) is 5.73 Å². The highest BCUT2D eigenvalue weighted by molar-refractivity contribution is 7.23. The molecule has 8 nitrogen and oxygen atoms in total. The Hall–Kier alpha value is -3.56. The van der Waals surface area contributed by atoms with Gasteiger partial charge in [0, 0.05) is 5.39 Å². The van der Waals surface area contributed by atoms with Gasteiger partial charge in [-0.2, -0.15) is 5.26 Å². The number of fused-ring (bicyclic) bond motifs is 1. The molecule has 172 valence electrons. The Labute approximate surface area is 193 Å². The number of nitriles is 1. The van der Waals surface area contributed by atoms with Crippen molar-refractivity contribution >= 4 is 55.7 Å². The van der Waals surface area contributed by atoms with Gasteiger partial charge in [-0.15, -0.1) is 11.3 Å². The van der Waals surface area contributed by atoms with Gasteiger partial charge in [0.1, 0.15) is 22.2 Å². The van der Waals surface area contributed by atoms with Gasteiger partial charge in [0.2, 0.25) is 0 Å². The number of benzene rings is 1. The van der Waals surface area contributed by atoms with Crippen LogP contribution in [-0.2, 0) is 4.74 Å². The van der Waals surface area contributed by atoms with Crippen molar-refractivity contribution in [1.82, 2.24) is 4.98 Å². The van der Waals surface area contributed by atoms with Crippen LogP contribution in [-0.4, -0.2) is 22.6 Å². The van der Waals surface area contributed by atoms with Crippen LogP contribution in [0.5, 0.6) is 0 Å². The molecule has 33 heavy (non-hydrogen) atoms. The number of aromatic nitrogens is 1. The molecule has 0 bridgehead atoms. The highest BCUT2D eigenvalue weighted by Gasteiger charge is 2.30. The lowest BCUT2D eigenvalue weighted by Gasteiger charge is -2.19. The summed E-state index contributed by atoms with van der Waals surface area (Å²) in [6.45, 7) is 4.84. The van der Waals surface area contributed by atoms with Gasteiger partial charge in [-0.25, -0.2) is 18.0 Å². The van der Waals surface area contributed by atoms with Crippen molar-refractivity contribution in [2.75, 3.05) is 11.1 Å². The number of nitrogens with one attached hydrogen (secondary N) is 1. The number of pyridine rings is 1. The Morgan fingerprint density at radius 3 is 2.45 bits per heavy atom. The molecule has 0 saturated heterocycles. The van der Waals surface area contributed by atoms with E-state index in [-0.39, 0.29) is 20.7 Å². The number of nitrogen functional groups attached to an aromatic ring is 1. The maximum Gasteiger partial charge on any atom is 0.412 e. The second-order valence-corrected chi connectivity index (χ2v) is 9.07. The summed E-state index contributed by atoms with van der Waals surface area (Å²) in [4.78, 5) is 27.4. The van der Waals surface area contributed by atoms with E-state index in [0.29, 0.717) is 17.5 Å². The van der Waals surface area contributed by atoms with E-state index in [1.807, 2.05) is 0 Å². The van der Waals surface area contributed by atoms with E-state index in [1.54, 1.807) is 26.8 Å². The van der Waals surface area contributed by atoms with Crippen LogP contribution in [0.2, 0.25) is 5.02 Å². The first-order valence-electron chi connectivity index (χ1n) is 9.05. The number of ether oxygens (including phenoxy) is 1. The minimum Gasteiger partial charge on any atom is -0.444 e. The number of rotatable bonds is 3. The molecular formula is C20H15ClF3N5O3S. The number of amides is 2. The minimum absolute atomic E-state index is 0.117. The van der Waals surface area contributed by atoms with Crippen molar-refractivity contribution in [3.8, 4) is 17.3 Å². The number of halogens is 4. The Morgan fingerprint density at radius 1 is 1.27 bits per heavy atom. The summed E-state index contributed by atoms with van der Waals surface area (Å²) in [7, 11) is 0. The predicted octanol–water partition coefficient (Wildman–Crippen LogP) is 4.93. The molecular weight excluding hydrogens is 483 g/mol. The van der Waals surface area contributed by atoms with Gasteiger partial charge in [0.15, 0.2) is 17.5 Å². The average molecular weight is 498 g/mol. The summed E-state index contributed by atoms with van der Waals surface area (Å²) in [5.74, 6) is -5.00. The van der Waals surface area contributed by atoms with Gasteiger partial charge in [0.25, 0.3) is 5.91 Å². The first-order valence-corrected chi connectivity index (χ1v) is 10.2. The van der Waals surface area contributed by atoms with Crippen LogP contribution in [0.25, 0.3) is 21.3 Å². The molecule has 0 aliphatic rings. The molecule has 13 heteroatoms. The van der Waals surface area contributed by atoms with Crippen molar-refractivity contribution in [3.05, 3.63) is 39.8 Å². The molecule has 3 aromatic rings. The molecule has 0 fully saturated rings. The van der Waals surface area contributed by atoms with Gasteiger partial charge in [-0.3, -0.25) is 15.1 Å². The average Bonchev–Trinajstić information content (AvgIpc) is 3.05. The van der Waals surface area contributed by atoms with Crippen molar-refractivity contribution in [1.29, 1.82) is 5.26 Å². The molecule has 0 saturated carbocycles. The van der Waals surface area contributed by atoms with E-state index in [4.69, 9.17) is 27.8 Å². The zero-order valence-electron chi connectivity index (χ0n) is 17.3. The first kappa shape index (κ1) is 24.1. The number of anilines is 2. The van der Waals surface area contributed by atoms with E-state index >= 15 is 4.39 Å². The van der Waals surface area contributed by atoms with Crippen LogP contribution >= 0.6 is 22.9 Å². The molecule has 0 atom stereocenters. The lowest BCUT2D eigenvalue weighted by molar-refractivity contribution is 0.0636. The Kier molecular flexibility index (Phi) is 6.14. The summed E-state index contributed by atoms with van der Waals surface area (Å²) in [5.41, 5.74) is 6.42. The van der Waals surface area contributed by atoms with Gasteiger partial charge >= 0.3 is 6.09 Å². The summed E-state index contributed by atoms with van der Waals surface area (Å²) in [6, 6.07) is 1.79. The highest BCUT2D eigenvalue weighted by Crippen LogP contribution is 2.45. The molecule has 2 heterocycles. The molecule has 0 aliphatic heterocycles. The molecule has 0 spiro atoms. The molecule has 2 amide bonds. The summed E-state index contributed by atoms with van der Waals surface area (Å²) < 4.78 is 49.3. The number of hydrogen-bond donors (Lipinski definition) is 3. The number of hydrogen-bond acceptors (Lipinski definition) is 7. The fraction of sp³-hybridized carbons (Fsp3) is 0.200. The molecule has 0 radical (unpaired) electrons. The zero-order chi connectivity index (χ0) is 24.8. The fourth-order valence-corrected chi connectivity index (χ4v) is 4.28. The Morgan fingerprint density at radius 2 is 1.91 bits per heavy atom. The summed E-state index contributed by atoms with van der Waals surface area (Å²) in [6.07, 6.45) is -0.218. The third-order valence-electron chi connectivity index (χ3n) is 4.24. The third kappa shape index (κ3) is 4.24. The SMILES string of the molecule is CC(C)(C)OC(=O)Nc1sc2c(F)cnc(-c3c(F)c(N)c(C(N)=O)c(F)c3Cl)c2c1C#N. The number of nitrogens with zero attached hydrogens (tertiary/aromatic N) is 2. The van der Waals surface area contributed by atoms with Crippen LogP contribution < -0.4 is 16.8 Å². The van der Waals surface area contributed by atoms with Crippen LogP contribution in [0, 0.1) is 28.8 Å². The predicted molar refractivity (Wildman–Crippen MR) is 117 cm³/mol. The van der Waals surface area contributed by atoms with Gasteiger partial charge in [0.05, 0.1) is 38.4 Å². The van der Waals surface area contributed by atoms with Crippen molar-refractivity contribution < 1.29 is 27.5 Å². The quantitative estimate of drug-likeness (QED) is 0.345. The molecule has 2 aromatic heterocycles. The molecule has 3 rings (SSSR count). The van der Waals surface area contributed by atoms with Crippen LogP contribution in [0.3, 0.4) is 0 Å². The molecule has 0 aliphatic carbocycles. The van der Waals surface area contributed by atoms with Gasteiger partial charge in [-0.1, -0.05) is 11.6 Å². The van der Waals surface area contributed by atoms with E-state index in [1.165, 1.54) is 0 Å². The van der Waals surface area contributed by atoms with Crippen molar-refractivity contribution in [2.45, 2.75) is 26.4 Å². The lowest BCUT2D eigenvalue weighted by Crippen LogP contribution is -2.27. The molecule has 5 N–H and O–H groups in total. The maximum atomic E-state index is 15.1. The van der Waals surface area contributed by atoms with E-state index in [2.05, 4.69) is 10.3 Å². The summed E-state index contributed by atoms with van der Waals surface area (Å²) >= 11 is 6.62. The third-order valence-corrected chi connectivity index (χ3v) is 5.70. The second kappa shape index (κ2) is 8.42. The topological polar surface area (TPSA) is 144 Å². The Balaban J connectivity index is 2.33. The van der Waals surface area contributed by atoms with E-state index in [9.17, 15) is 23.6 Å². The molecule has 1 aromatic carbocycles. The van der Waals surface area contributed by atoms with Crippen LogP contribution in [0.15, 0.2) is 6.20 Å². The number of thiophene rings is 1.